The van der Waals surface area contributed by atoms with Gasteiger partial charge in [-0.1, -0.05) is 18.2 Å². The molecule has 1 aliphatic rings. The minimum absolute atomic E-state index is 0.0792. The van der Waals surface area contributed by atoms with Crippen molar-refractivity contribution < 1.29 is 4.74 Å². The second kappa shape index (κ2) is 5.11. The Bertz CT molecular complexity index is 624. The van der Waals surface area contributed by atoms with Crippen molar-refractivity contribution in [1.82, 2.24) is 14.9 Å². The zero-order chi connectivity index (χ0) is 14.2. The van der Waals surface area contributed by atoms with Crippen molar-refractivity contribution in [2.24, 2.45) is 0 Å². The van der Waals surface area contributed by atoms with Crippen LogP contribution in [-0.4, -0.2) is 40.2 Å². The van der Waals surface area contributed by atoms with Crippen molar-refractivity contribution in [3.05, 3.63) is 35.8 Å². The summed E-state index contributed by atoms with van der Waals surface area (Å²) in [6.07, 6.45) is 0. The van der Waals surface area contributed by atoms with E-state index in [0.717, 1.165) is 48.7 Å². The standard InChI is InChI=1S/C16H21N3O/c1-12-13-6-4-5-7-14(13)18-15(17-12)10-19-8-9-20-16(2,3)11-19/h4-7H,8-11H2,1-3H3. The van der Waals surface area contributed by atoms with E-state index in [1.54, 1.807) is 0 Å². The number of hydrogen-bond donors (Lipinski definition) is 0. The van der Waals surface area contributed by atoms with Gasteiger partial charge in [-0.25, -0.2) is 9.97 Å². The fraction of sp³-hybridized carbons (Fsp3) is 0.500. The van der Waals surface area contributed by atoms with Crippen molar-refractivity contribution >= 4 is 10.9 Å². The fourth-order valence-corrected chi connectivity index (χ4v) is 2.81. The van der Waals surface area contributed by atoms with Crippen LogP contribution in [0.15, 0.2) is 24.3 Å². The van der Waals surface area contributed by atoms with Crippen LogP contribution in [0.3, 0.4) is 0 Å². The Morgan fingerprint density at radius 2 is 2.05 bits per heavy atom. The number of morpholine rings is 1. The van der Waals surface area contributed by atoms with E-state index in [4.69, 9.17) is 4.74 Å². The Morgan fingerprint density at radius 1 is 1.25 bits per heavy atom. The molecule has 0 bridgehead atoms. The lowest BCUT2D eigenvalue weighted by atomic mass is 10.1. The molecule has 1 aromatic carbocycles. The van der Waals surface area contributed by atoms with Crippen LogP contribution in [-0.2, 0) is 11.3 Å². The van der Waals surface area contributed by atoms with Crippen molar-refractivity contribution in [1.29, 1.82) is 0 Å². The van der Waals surface area contributed by atoms with Crippen LogP contribution < -0.4 is 0 Å². The molecule has 1 aliphatic heterocycles. The van der Waals surface area contributed by atoms with Crippen LogP contribution in [0.25, 0.3) is 10.9 Å². The summed E-state index contributed by atoms with van der Waals surface area (Å²) < 4.78 is 5.74. The van der Waals surface area contributed by atoms with Crippen molar-refractivity contribution in [2.75, 3.05) is 19.7 Å². The minimum Gasteiger partial charge on any atom is -0.373 e. The molecule has 2 heterocycles. The predicted octanol–water partition coefficient (Wildman–Crippen LogP) is 2.55. The molecule has 0 amide bonds. The number of benzene rings is 1. The van der Waals surface area contributed by atoms with E-state index in [1.807, 2.05) is 12.1 Å². The Hall–Kier alpha value is -1.52. The molecule has 1 saturated heterocycles. The van der Waals surface area contributed by atoms with Gasteiger partial charge in [0, 0.05) is 24.2 Å². The lowest BCUT2D eigenvalue weighted by Gasteiger charge is -2.37. The summed E-state index contributed by atoms with van der Waals surface area (Å²) in [6, 6.07) is 8.18. The highest BCUT2D eigenvalue weighted by atomic mass is 16.5. The van der Waals surface area contributed by atoms with E-state index >= 15 is 0 Å². The molecule has 0 aliphatic carbocycles. The first-order valence-corrected chi connectivity index (χ1v) is 7.12. The van der Waals surface area contributed by atoms with Crippen LogP contribution in [0.5, 0.6) is 0 Å². The van der Waals surface area contributed by atoms with E-state index in [1.165, 1.54) is 0 Å². The second-order valence-corrected chi connectivity index (χ2v) is 6.06. The van der Waals surface area contributed by atoms with Crippen LogP contribution in [0.2, 0.25) is 0 Å². The van der Waals surface area contributed by atoms with Gasteiger partial charge in [0.25, 0.3) is 0 Å². The highest BCUT2D eigenvalue weighted by molar-refractivity contribution is 5.80. The second-order valence-electron chi connectivity index (χ2n) is 6.06. The number of fused-ring (bicyclic) bond motifs is 1. The summed E-state index contributed by atoms with van der Waals surface area (Å²) in [5, 5.41) is 1.14. The predicted molar refractivity (Wildman–Crippen MR) is 79.6 cm³/mol. The van der Waals surface area contributed by atoms with Gasteiger partial charge in [-0.2, -0.15) is 0 Å². The maximum absolute atomic E-state index is 5.74. The number of hydrogen-bond acceptors (Lipinski definition) is 4. The van der Waals surface area contributed by atoms with E-state index in [2.05, 4.69) is 47.8 Å². The highest BCUT2D eigenvalue weighted by Crippen LogP contribution is 2.19. The number of aryl methyl sites for hydroxylation is 1. The SMILES string of the molecule is Cc1nc(CN2CCOC(C)(C)C2)nc2ccccc12. The smallest absolute Gasteiger partial charge is 0.143 e. The van der Waals surface area contributed by atoms with Crippen LogP contribution in [0.1, 0.15) is 25.4 Å². The zero-order valence-corrected chi connectivity index (χ0v) is 12.4. The molecule has 2 aromatic rings. The summed E-state index contributed by atoms with van der Waals surface area (Å²) in [7, 11) is 0. The minimum atomic E-state index is -0.0792. The van der Waals surface area contributed by atoms with Crippen molar-refractivity contribution in [2.45, 2.75) is 32.9 Å². The van der Waals surface area contributed by atoms with E-state index in [0.29, 0.717) is 0 Å². The Balaban J connectivity index is 1.84. The fourth-order valence-electron chi connectivity index (χ4n) is 2.81. The molecule has 4 nitrogen and oxygen atoms in total. The Labute approximate surface area is 119 Å². The molecule has 0 spiro atoms. The molecule has 0 radical (unpaired) electrons. The van der Waals surface area contributed by atoms with Gasteiger partial charge in [0.2, 0.25) is 0 Å². The summed E-state index contributed by atoms with van der Waals surface area (Å²) in [5.41, 5.74) is 2.00. The molecule has 1 fully saturated rings. The molecule has 20 heavy (non-hydrogen) atoms. The van der Waals surface area contributed by atoms with Gasteiger partial charge >= 0.3 is 0 Å². The first kappa shape index (κ1) is 13.5. The van der Waals surface area contributed by atoms with Gasteiger partial charge in [0.1, 0.15) is 5.82 Å². The molecule has 3 rings (SSSR count). The topological polar surface area (TPSA) is 38.2 Å². The summed E-state index contributed by atoms with van der Waals surface area (Å²) in [6.45, 7) is 9.74. The molecular formula is C16H21N3O. The Morgan fingerprint density at radius 3 is 2.85 bits per heavy atom. The van der Waals surface area contributed by atoms with Crippen LogP contribution in [0.4, 0.5) is 0 Å². The summed E-state index contributed by atoms with van der Waals surface area (Å²) >= 11 is 0. The average molecular weight is 271 g/mol. The number of ether oxygens (including phenoxy) is 1. The molecule has 0 atom stereocenters. The maximum atomic E-state index is 5.74. The van der Waals surface area contributed by atoms with Gasteiger partial charge in [-0.05, 0) is 26.8 Å². The third-order valence-corrected chi connectivity index (χ3v) is 3.71. The quantitative estimate of drug-likeness (QED) is 0.841. The van der Waals surface area contributed by atoms with Gasteiger partial charge < -0.3 is 4.74 Å². The summed E-state index contributed by atoms with van der Waals surface area (Å²) in [4.78, 5) is 11.7. The number of aromatic nitrogens is 2. The van der Waals surface area contributed by atoms with Gasteiger partial charge in [0.05, 0.1) is 24.3 Å². The van der Waals surface area contributed by atoms with Crippen LogP contribution in [0, 0.1) is 6.92 Å². The number of rotatable bonds is 2. The number of para-hydroxylation sites is 1. The molecule has 0 unspecified atom stereocenters. The average Bonchev–Trinajstić information content (AvgIpc) is 2.37. The lowest BCUT2D eigenvalue weighted by Crippen LogP contribution is -2.47. The van der Waals surface area contributed by atoms with E-state index < -0.39 is 0 Å². The lowest BCUT2D eigenvalue weighted by molar-refractivity contribution is -0.0887. The van der Waals surface area contributed by atoms with E-state index in [9.17, 15) is 0 Å². The molecule has 106 valence electrons. The molecular weight excluding hydrogens is 250 g/mol. The van der Waals surface area contributed by atoms with E-state index in [-0.39, 0.29) is 5.60 Å². The molecule has 4 heteroatoms. The summed E-state index contributed by atoms with van der Waals surface area (Å²) in [5.74, 6) is 0.902. The normalized spacial score (nSPS) is 19.4. The number of nitrogens with zero attached hydrogens (tertiary/aromatic N) is 3. The van der Waals surface area contributed by atoms with Gasteiger partial charge in [-0.15, -0.1) is 0 Å². The monoisotopic (exact) mass is 271 g/mol. The van der Waals surface area contributed by atoms with Crippen molar-refractivity contribution in [3.8, 4) is 0 Å². The third kappa shape index (κ3) is 2.81. The third-order valence-electron chi connectivity index (χ3n) is 3.71. The highest BCUT2D eigenvalue weighted by Gasteiger charge is 2.27. The molecule has 0 N–H and O–H groups in total. The van der Waals surface area contributed by atoms with Gasteiger partial charge in [0.15, 0.2) is 0 Å². The first-order valence-electron chi connectivity index (χ1n) is 7.12. The molecule has 1 aromatic heterocycles. The van der Waals surface area contributed by atoms with Crippen molar-refractivity contribution in [3.63, 3.8) is 0 Å². The first-order chi connectivity index (χ1) is 9.53. The maximum Gasteiger partial charge on any atom is 0.143 e. The zero-order valence-electron chi connectivity index (χ0n) is 12.4. The largest absolute Gasteiger partial charge is 0.373 e. The Kier molecular flexibility index (Phi) is 3.44. The molecule has 0 saturated carbocycles. The van der Waals surface area contributed by atoms with Gasteiger partial charge in [-0.3, -0.25) is 4.90 Å². The van der Waals surface area contributed by atoms with Crippen LogP contribution >= 0.6 is 0 Å².